The fourth-order valence-corrected chi connectivity index (χ4v) is 1.79. The number of carboxylic acid groups (broad SMARTS) is 1. The van der Waals surface area contributed by atoms with Gasteiger partial charge in [-0.3, -0.25) is 4.79 Å². The highest BCUT2D eigenvalue weighted by Gasteiger charge is 2.40. The highest BCUT2D eigenvalue weighted by Crippen LogP contribution is 2.32. The molecule has 5 heteroatoms. The number of halogens is 2. The van der Waals surface area contributed by atoms with Gasteiger partial charge < -0.3 is 5.11 Å². The zero-order chi connectivity index (χ0) is 7.02. The van der Waals surface area contributed by atoms with E-state index >= 15 is 0 Å². The molecule has 0 aromatic heterocycles. The van der Waals surface area contributed by atoms with Crippen molar-refractivity contribution in [3.05, 3.63) is 0 Å². The molecule has 1 saturated heterocycles. The highest BCUT2D eigenvalue weighted by molar-refractivity contribution is 9.11. The molecular weight excluding hydrogens is 254 g/mol. The van der Waals surface area contributed by atoms with Gasteiger partial charge in [-0.1, -0.05) is 15.9 Å². The van der Waals surface area contributed by atoms with E-state index in [0.29, 0.717) is 6.54 Å². The van der Waals surface area contributed by atoms with Gasteiger partial charge in [0.15, 0.2) is 0 Å². The quantitative estimate of drug-likeness (QED) is 0.434. The van der Waals surface area contributed by atoms with Gasteiger partial charge >= 0.3 is 5.97 Å². The van der Waals surface area contributed by atoms with Crippen LogP contribution in [0.25, 0.3) is 0 Å². The fraction of sp³-hybridized carbons (Fsp3) is 0.750. The van der Waals surface area contributed by atoms with Gasteiger partial charge in [-0.15, -0.1) is 0 Å². The average Bonchev–Trinajstić information content (AvgIpc) is 1.81. The highest BCUT2D eigenvalue weighted by atomic mass is 79.9. The Bertz CT molecular complexity index is 141. The topological polar surface area (TPSA) is 40.5 Å². The third-order valence-corrected chi connectivity index (χ3v) is 3.70. The second-order valence-corrected chi connectivity index (χ2v) is 3.75. The van der Waals surface area contributed by atoms with E-state index in [1.165, 1.54) is 0 Å². The van der Waals surface area contributed by atoms with E-state index in [4.69, 9.17) is 5.11 Å². The van der Waals surface area contributed by atoms with Crippen molar-refractivity contribution in [1.82, 2.24) is 3.93 Å². The lowest BCUT2D eigenvalue weighted by Gasteiger charge is -2.37. The Kier molecular flexibility index (Phi) is 2.13. The molecule has 1 fully saturated rings. The first-order valence-electron chi connectivity index (χ1n) is 2.42. The van der Waals surface area contributed by atoms with Crippen molar-refractivity contribution in [3.63, 3.8) is 0 Å². The van der Waals surface area contributed by atoms with Crippen LogP contribution in [0.15, 0.2) is 0 Å². The molecule has 2 unspecified atom stereocenters. The summed E-state index contributed by atoms with van der Waals surface area (Å²) >= 11 is 6.35. The molecule has 3 nitrogen and oxygen atoms in total. The summed E-state index contributed by atoms with van der Waals surface area (Å²) in [6, 6.07) is 0. The first kappa shape index (κ1) is 7.50. The molecule has 1 heterocycles. The summed E-state index contributed by atoms with van der Waals surface area (Å²) in [4.78, 5) is 10.2. The molecule has 1 aliphatic heterocycles. The minimum absolute atomic E-state index is 0.0463. The van der Waals surface area contributed by atoms with Crippen molar-refractivity contribution in [2.75, 3.05) is 6.54 Å². The Morgan fingerprint density at radius 2 is 2.33 bits per heavy atom. The predicted octanol–water partition coefficient (Wildman–Crippen LogP) is 1.03. The summed E-state index contributed by atoms with van der Waals surface area (Å²) in [6.45, 7) is 0.575. The lowest BCUT2D eigenvalue weighted by Crippen LogP contribution is -2.50. The molecule has 1 N–H and O–H groups in total. The molecule has 9 heavy (non-hydrogen) atoms. The molecule has 1 rings (SSSR count). The normalized spacial score (nSPS) is 35.8. The molecule has 52 valence electrons. The average molecular weight is 259 g/mol. The summed E-state index contributed by atoms with van der Waals surface area (Å²) < 4.78 is 1.76. The van der Waals surface area contributed by atoms with Gasteiger partial charge in [0.05, 0.1) is 10.9 Å². The summed E-state index contributed by atoms with van der Waals surface area (Å²) in [5.41, 5.74) is 0. The van der Waals surface area contributed by atoms with Gasteiger partial charge in [0.2, 0.25) is 0 Å². The van der Waals surface area contributed by atoms with E-state index in [1.54, 1.807) is 3.93 Å². The van der Waals surface area contributed by atoms with E-state index in [1.807, 2.05) is 0 Å². The largest absolute Gasteiger partial charge is 0.481 e. The molecule has 0 spiro atoms. The first-order valence-corrected chi connectivity index (χ1v) is 4.04. The van der Waals surface area contributed by atoms with Gasteiger partial charge in [0.1, 0.15) is 0 Å². The van der Waals surface area contributed by atoms with E-state index in [-0.39, 0.29) is 10.9 Å². The van der Waals surface area contributed by atoms with Gasteiger partial charge in [-0.25, -0.2) is 3.93 Å². The monoisotopic (exact) mass is 257 g/mol. The van der Waals surface area contributed by atoms with Crippen LogP contribution < -0.4 is 0 Å². The first-order chi connectivity index (χ1) is 4.13. The number of aliphatic carboxylic acids is 1. The Labute approximate surface area is 69.5 Å². The van der Waals surface area contributed by atoms with Gasteiger partial charge in [-0.2, -0.15) is 0 Å². The third-order valence-electron chi connectivity index (χ3n) is 1.29. The minimum atomic E-state index is -0.743. The van der Waals surface area contributed by atoms with Crippen molar-refractivity contribution in [2.45, 2.75) is 4.95 Å². The van der Waals surface area contributed by atoms with Crippen LogP contribution >= 0.6 is 32.1 Å². The number of carboxylic acids is 1. The van der Waals surface area contributed by atoms with E-state index in [0.717, 1.165) is 0 Å². The zero-order valence-corrected chi connectivity index (χ0v) is 7.59. The smallest absolute Gasteiger partial charge is 0.310 e. The number of hydrogen-bond donors (Lipinski definition) is 1. The second-order valence-electron chi connectivity index (χ2n) is 1.90. The molecule has 0 aromatic carbocycles. The van der Waals surface area contributed by atoms with Gasteiger partial charge in [-0.05, 0) is 0 Å². The van der Waals surface area contributed by atoms with Gasteiger partial charge in [0, 0.05) is 22.7 Å². The molecule has 0 saturated carbocycles. The molecule has 1 aliphatic rings. The Morgan fingerprint density at radius 3 is 2.44 bits per heavy atom. The molecule has 0 bridgehead atoms. The fourth-order valence-electron chi connectivity index (χ4n) is 0.629. The van der Waals surface area contributed by atoms with Crippen LogP contribution in [0.3, 0.4) is 0 Å². The van der Waals surface area contributed by atoms with Crippen molar-refractivity contribution in [1.29, 1.82) is 0 Å². The summed E-state index contributed by atoms with van der Waals surface area (Å²) in [5.74, 6) is -1.00. The van der Waals surface area contributed by atoms with Crippen molar-refractivity contribution in [3.8, 4) is 0 Å². The van der Waals surface area contributed by atoms with Crippen LogP contribution in [0, 0.1) is 5.92 Å². The minimum Gasteiger partial charge on any atom is -0.481 e. The molecule has 2 atom stereocenters. The summed E-state index contributed by atoms with van der Waals surface area (Å²) in [5, 5.41) is 8.44. The molecule has 0 amide bonds. The number of carbonyl (C=O) groups is 1. The van der Waals surface area contributed by atoms with Crippen molar-refractivity contribution >= 4 is 38.0 Å². The zero-order valence-electron chi connectivity index (χ0n) is 4.42. The SMILES string of the molecule is O=C(O)C1CN(Br)C1Br. The molecule has 0 aliphatic carbocycles. The standard InChI is InChI=1S/C4H5Br2NO2/c5-3-2(4(8)9)1-7(3)6/h2-3H,1H2,(H,8,9). The predicted molar refractivity (Wildman–Crippen MR) is 39.5 cm³/mol. The Balaban J connectivity index is 2.42. The van der Waals surface area contributed by atoms with E-state index in [9.17, 15) is 4.79 Å². The maximum absolute atomic E-state index is 10.3. The lowest BCUT2D eigenvalue weighted by atomic mass is 10.0. The van der Waals surface area contributed by atoms with Crippen LogP contribution in [-0.4, -0.2) is 26.5 Å². The maximum atomic E-state index is 10.3. The number of rotatable bonds is 1. The van der Waals surface area contributed by atoms with Crippen LogP contribution in [0.4, 0.5) is 0 Å². The van der Waals surface area contributed by atoms with E-state index < -0.39 is 5.97 Å². The van der Waals surface area contributed by atoms with Crippen LogP contribution in [-0.2, 0) is 4.79 Å². The van der Waals surface area contributed by atoms with Crippen LogP contribution in [0.5, 0.6) is 0 Å². The van der Waals surface area contributed by atoms with Crippen LogP contribution in [0.1, 0.15) is 0 Å². The maximum Gasteiger partial charge on any atom is 0.310 e. The Hall–Kier alpha value is 0.390. The summed E-state index contributed by atoms with van der Waals surface area (Å²) in [6.07, 6.45) is 0. The van der Waals surface area contributed by atoms with Crippen LogP contribution in [0.2, 0.25) is 0 Å². The second kappa shape index (κ2) is 2.56. The third kappa shape index (κ3) is 1.28. The van der Waals surface area contributed by atoms with Gasteiger partial charge in [0.25, 0.3) is 0 Å². The van der Waals surface area contributed by atoms with E-state index in [2.05, 4.69) is 32.1 Å². The van der Waals surface area contributed by atoms with Crippen molar-refractivity contribution < 1.29 is 9.90 Å². The lowest BCUT2D eigenvalue weighted by molar-refractivity contribution is -0.145. The number of hydrogen-bond acceptors (Lipinski definition) is 2. The Morgan fingerprint density at radius 1 is 1.78 bits per heavy atom. The van der Waals surface area contributed by atoms with Crippen molar-refractivity contribution in [2.24, 2.45) is 5.92 Å². The molecule has 0 radical (unpaired) electrons. The number of alkyl halides is 1. The summed E-state index contributed by atoms with van der Waals surface area (Å²) in [7, 11) is 0. The molecular formula is C4H5Br2NO2. The molecule has 0 aromatic rings. The number of nitrogens with zero attached hydrogens (tertiary/aromatic N) is 1.